The highest BCUT2D eigenvalue weighted by Gasteiger charge is 2.32. The molecule has 1 fully saturated rings. The number of urea groups is 1. The van der Waals surface area contributed by atoms with Crippen molar-refractivity contribution in [1.82, 2.24) is 25.4 Å². The number of rotatable bonds is 10. The average Bonchev–Trinajstić information content (AvgIpc) is 3.01. The number of fused-ring (bicyclic) bond motifs is 1. The molecular weight excluding hydrogens is 613 g/mol. The molecule has 2 atom stereocenters. The third-order valence-electron chi connectivity index (χ3n) is 7.47. The van der Waals surface area contributed by atoms with E-state index in [4.69, 9.17) is 4.74 Å². The second-order valence-corrected chi connectivity index (χ2v) is 12.3. The second-order valence-electron chi connectivity index (χ2n) is 12.3. The first-order valence-electron chi connectivity index (χ1n) is 15.1. The van der Waals surface area contributed by atoms with Crippen molar-refractivity contribution in [3.8, 4) is 5.75 Å². The van der Waals surface area contributed by atoms with Gasteiger partial charge in [0.2, 0.25) is 12.0 Å². The molecule has 1 aliphatic rings. The van der Waals surface area contributed by atoms with Crippen molar-refractivity contribution >= 4 is 40.7 Å². The van der Waals surface area contributed by atoms with Gasteiger partial charge >= 0.3 is 18.0 Å². The zero-order valence-corrected chi connectivity index (χ0v) is 26.6. The van der Waals surface area contributed by atoms with Crippen LogP contribution in [0.3, 0.4) is 0 Å². The van der Waals surface area contributed by atoms with Gasteiger partial charge in [-0.05, 0) is 51.8 Å². The summed E-state index contributed by atoms with van der Waals surface area (Å²) in [6.45, 7) is 7.88. The van der Waals surface area contributed by atoms with Gasteiger partial charge in [-0.15, -0.1) is 0 Å². The quantitative estimate of drug-likeness (QED) is 0.255. The van der Waals surface area contributed by atoms with Gasteiger partial charge < -0.3 is 35.4 Å². The summed E-state index contributed by atoms with van der Waals surface area (Å²) in [5.41, 5.74) is -0.0367. The highest BCUT2D eigenvalue weighted by Crippen LogP contribution is 2.32. The lowest BCUT2D eigenvalue weighted by Gasteiger charge is -2.37. The van der Waals surface area contributed by atoms with Gasteiger partial charge in [0, 0.05) is 55.2 Å². The van der Waals surface area contributed by atoms with Crippen molar-refractivity contribution < 1.29 is 43.3 Å². The third-order valence-corrected chi connectivity index (χ3v) is 7.47. The molecule has 4 N–H and O–H groups in total. The number of carboxylic acid groups (broad SMARTS) is 2. The highest BCUT2D eigenvalue weighted by atomic mass is 19.1. The van der Waals surface area contributed by atoms with E-state index in [1.807, 2.05) is 20.8 Å². The van der Waals surface area contributed by atoms with E-state index in [9.17, 15) is 38.6 Å². The predicted molar refractivity (Wildman–Crippen MR) is 168 cm³/mol. The monoisotopic (exact) mass is 651 g/mol. The molecular formula is C33H38FN5O8. The molecule has 1 unspecified atom stereocenters. The first-order valence-corrected chi connectivity index (χ1v) is 15.1. The summed E-state index contributed by atoms with van der Waals surface area (Å²) in [6, 6.07) is 10.2. The van der Waals surface area contributed by atoms with Gasteiger partial charge in [-0.1, -0.05) is 30.3 Å². The van der Waals surface area contributed by atoms with Crippen molar-refractivity contribution in [1.29, 1.82) is 0 Å². The Balaban J connectivity index is 1.60. The number of carbonyl (C=O) groups excluding carboxylic acids is 3. The summed E-state index contributed by atoms with van der Waals surface area (Å²) < 4.78 is 20.5. The zero-order chi connectivity index (χ0) is 34.5. The van der Waals surface area contributed by atoms with E-state index >= 15 is 0 Å². The Morgan fingerprint density at radius 3 is 2.21 bits per heavy atom. The van der Waals surface area contributed by atoms with Crippen LogP contribution >= 0.6 is 0 Å². The van der Waals surface area contributed by atoms with Crippen molar-refractivity contribution in [3.63, 3.8) is 0 Å². The van der Waals surface area contributed by atoms with Crippen molar-refractivity contribution in [2.24, 2.45) is 0 Å². The number of benzene rings is 2. The molecule has 0 spiro atoms. The van der Waals surface area contributed by atoms with Crippen LogP contribution in [0.1, 0.15) is 61.3 Å². The number of pyridine rings is 1. The Kier molecular flexibility index (Phi) is 10.6. The molecule has 1 aliphatic heterocycles. The molecule has 4 rings (SSSR count). The summed E-state index contributed by atoms with van der Waals surface area (Å²) in [5, 5.41) is 24.8. The Morgan fingerprint density at radius 1 is 0.979 bits per heavy atom. The maximum absolute atomic E-state index is 14.6. The van der Waals surface area contributed by atoms with Gasteiger partial charge in [-0.3, -0.25) is 14.4 Å². The molecule has 1 aromatic heterocycles. The minimum Gasteiger partial charge on any atom is -0.481 e. The number of halogens is 1. The van der Waals surface area contributed by atoms with Crippen LogP contribution in [0.15, 0.2) is 48.5 Å². The number of hydrogen-bond acceptors (Lipinski definition) is 7. The lowest BCUT2D eigenvalue weighted by Crippen LogP contribution is -2.58. The van der Waals surface area contributed by atoms with Gasteiger partial charge in [-0.25, -0.2) is 19.0 Å². The van der Waals surface area contributed by atoms with Crippen LogP contribution in [-0.4, -0.2) is 92.5 Å². The van der Waals surface area contributed by atoms with E-state index in [1.54, 1.807) is 35.2 Å². The molecule has 13 nitrogen and oxygen atoms in total. The van der Waals surface area contributed by atoms with E-state index in [0.29, 0.717) is 5.56 Å². The molecule has 2 aromatic carbocycles. The standard InChI is InChI=1S/C33H38FN5O8/c1-19-16-24-21(17-22(19)34)26(47-28(31(44)45)20-8-6-5-7-9-20)18-25(35-24)29(42)36-23(10-11-27(40)41)30(43)38-12-14-39(15-13-38)32(46)37-33(2,3)4/h5-9,16-18,23,28H,10-15H2,1-4H3,(H,36,42)(H,37,46)(H,40,41)(H,44,45)/t23-,28?/m0/s1. The maximum atomic E-state index is 14.6. The number of hydrogen-bond donors (Lipinski definition) is 4. The van der Waals surface area contributed by atoms with Gasteiger partial charge in [0.1, 0.15) is 23.3 Å². The van der Waals surface area contributed by atoms with Gasteiger partial charge in [-0.2, -0.15) is 0 Å². The van der Waals surface area contributed by atoms with E-state index < -0.39 is 53.7 Å². The van der Waals surface area contributed by atoms with Crippen LogP contribution in [0.2, 0.25) is 0 Å². The summed E-state index contributed by atoms with van der Waals surface area (Å²) in [4.78, 5) is 70.7. The second kappa shape index (κ2) is 14.4. The van der Waals surface area contributed by atoms with Crippen LogP contribution in [-0.2, 0) is 14.4 Å². The Labute approximate surface area is 270 Å². The minimum atomic E-state index is -1.50. The fraction of sp³-hybridized carbons (Fsp3) is 0.394. The molecule has 0 radical (unpaired) electrons. The highest BCUT2D eigenvalue weighted by molar-refractivity contribution is 5.99. The predicted octanol–water partition coefficient (Wildman–Crippen LogP) is 3.50. The number of piperazine rings is 1. The first-order chi connectivity index (χ1) is 22.1. The van der Waals surface area contributed by atoms with Crippen molar-refractivity contribution in [3.05, 3.63) is 71.2 Å². The number of nitrogens with one attached hydrogen (secondary N) is 2. The van der Waals surface area contributed by atoms with Crippen LogP contribution in [0, 0.1) is 12.7 Å². The normalized spacial score (nSPS) is 14.7. The largest absolute Gasteiger partial charge is 0.481 e. The van der Waals surface area contributed by atoms with E-state index in [2.05, 4.69) is 15.6 Å². The lowest BCUT2D eigenvalue weighted by molar-refractivity contribution is -0.145. The number of aromatic nitrogens is 1. The number of nitrogens with zero attached hydrogens (tertiary/aromatic N) is 3. The van der Waals surface area contributed by atoms with Crippen LogP contribution in [0.25, 0.3) is 10.9 Å². The number of carboxylic acids is 2. The SMILES string of the molecule is Cc1cc2nc(C(=O)N[C@@H](CCC(=O)O)C(=O)N3CCN(C(=O)NC(C)(C)C)CC3)cc(OC(C(=O)O)c3ccccc3)c2cc1F. The molecule has 0 bridgehead atoms. The number of aryl methyl sites for hydroxylation is 1. The average molecular weight is 652 g/mol. The molecule has 0 saturated carbocycles. The van der Waals surface area contributed by atoms with Crippen LogP contribution in [0.4, 0.5) is 9.18 Å². The van der Waals surface area contributed by atoms with Crippen LogP contribution < -0.4 is 15.4 Å². The number of amides is 4. The molecule has 4 amide bonds. The Morgan fingerprint density at radius 2 is 1.62 bits per heavy atom. The summed E-state index contributed by atoms with van der Waals surface area (Å²) in [7, 11) is 0. The Bertz CT molecular complexity index is 1670. The molecule has 250 valence electrons. The molecule has 0 aliphatic carbocycles. The van der Waals surface area contributed by atoms with Crippen molar-refractivity contribution in [2.45, 2.75) is 58.2 Å². The molecule has 3 aromatic rings. The van der Waals surface area contributed by atoms with E-state index in [1.165, 1.54) is 17.9 Å². The summed E-state index contributed by atoms with van der Waals surface area (Å²) in [5.74, 6) is -4.59. The molecule has 47 heavy (non-hydrogen) atoms. The number of ether oxygens (including phenoxy) is 1. The Hall–Kier alpha value is -5.27. The minimum absolute atomic E-state index is 0.124. The summed E-state index contributed by atoms with van der Waals surface area (Å²) >= 11 is 0. The number of carbonyl (C=O) groups is 5. The van der Waals surface area contributed by atoms with Crippen LogP contribution in [0.5, 0.6) is 5.75 Å². The summed E-state index contributed by atoms with van der Waals surface area (Å²) in [6.07, 6.45) is -2.14. The molecule has 1 saturated heterocycles. The number of aliphatic carboxylic acids is 2. The maximum Gasteiger partial charge on any atom is 0.349 e. The lowest BCUT2D eigenvalue weighted by atomic mass is 10.1. The fourth-order valence-electron chi connectivity index (χ4n) is 5.06. The molecule has 14 heteroatoms. The van der Waals surface area contributed by atoms with Gasteiger partial charge in [0.15, 0.2) is 0 Å². The van der Waals surface area contributed by atoms with Gasteiger partial charge in [0.25, 0.3) is 5.91 Å². The topological polar surface area (TPSA) is 178 Å². The zero-order valence-electron chi connectivity index (χ0n) is 26.6. The smallest absolute Gasteiger partial charge is 0.349 e. The fourth-order valence-corrected chi connectivity index (χ4v) is 5.06. The third kappa shape index (κ3) is 8.93. The molecule has 2 heterocycles. The van der Waals surface area contributed by atoms with E-state index in [0.717, 1.165) is 12.1 Å². The van der Waals surface area contributed by atoms with Gasteiger partial charge in [0.05, 0.1) is 5.52 Å². The first kappa shape index (κ1) is 34.6. The van der Waals surface area contributed by atoms with Crippen molar-refractivity contribution in [2.75, 3.05) is 26.2 Å². The van der Waals surface area contributed by atoms with E-state index in [-0.39, 0.29) is 66.5 Å².